The van der Waals surface area contributed by atoms with Gasteiger partial charge in [0.05, 0.1) is 12.6 Å². The van der Waals surface area contributed by atoms with E-state index in [4.69, 9.17) is 4.84 Å². The number of carbonyl (C=O) groups is 3. The number of amides is 3. The second-order valence-electron chi connectivity index (χ2n) is 6.77. The maximum Gasteiger partial charge on any atom is 0.345 e. The van der Waals surface area contributed by atoms with Gasteiger partial charge in [0.15, 0.2) is 5.78 Å². The molecule has 7 heteroatoms. The van der Waals surface area contributed by atoms with Gasteiger partial charge in [-0.3, -0.25) is 14.4 Å². The summed E-state index contributed by atoms with van der Waals surface area (Å²) in [6.45, 7) is 2.75. The highest BCUT2D eigenvalue weighted by Crippen LogP contribution is 2.30. The molecular weight excluding hydrogens is 334 g/mol. The van der Waals surface area contributed by atoms with Gasteiger partial charge in [-0.1, -0.05) is 37.3 Å². The summed E-state index contributed by atoms with van der Waals surface area (Å²) in [5.74, 6) is -0.249. The Morgan fingerprint density at radius 3 is 2.73 bits per heavy atom. The zero-order valence-corrected chi connectivity index (χ0v) is 15.0. The molecule has 2 fully saturated rings. The van der Waals surface area contributed by atoms with Crippen LogP contribution in [0.1, 0.15) is 38.2 Å². The molecule has 7 nitrogen and oxygen atoms in total. The average Bonchev–Trinajstić information content (AvgIpc) is 2.89. The van der Waals surface area contributed by atoms with Crippen LogP contribution >= 0.6 is 0 Å². The lowest BCUT2D eigenvalue weighted by molar-refractivity contribution is -0.140. The van der Waals surface area contributed by atoms with E-state index in [1.165, 1.54) is 5.06 Å². The van der Waals surface area contributed by atoms with Gasteiger partial charge >= 0.3 is 6.03 Å². The topological polar surface area (TPSA) is 79.0 Å². The van der Waals surface area contributed by atoms with Gasteiger partial charge in [0.1, 0.15) is 12.6 Å². The van der Waals surface area contributed by atoms with Crippen molar-refractivity contribution >= 4 is 17.7 Å². The summed E-state index contributed by atoms with van der Waals surface area (Å²) >= 11 is 0. The first kappa shape index (κ1) is 18.4. The first-order chi connectivity index (χ1) is 12.6. The van der Waals surface area contributed by atoms with E-state index >= 15 is 0 Å². The molecule has 2 aliphatic rings. The van der Waals surface area contributed by atoms with Crippen LogP contribution in [0, 0.1) is 0 Å². The summed E-state index contributed by atoms with van der Waals surface area (Å²) < 4.78 is 0. The SMILES string of the molecule is CCCC(=O)CNC(=O)[C@@H]1CC[C@@H]2CN1C(=O)N2OCc1ccccc1. The minimum Gasteiger partial charge on any atom is -0.347 e. The van der Waals surface area contributed by atoms with Crippen molar-refractivity contribution in [2.24, 2.45) is 0 Å². The number of carbonyl (C=O) groups excluding carboxylic acids is 3. The molecule has 1 N–H and O–H groups in total. The zero-order valence-electron chi connectivity index (χ0n) is 15.0. The molecule has 1 aromatic rings. The first-order valence-corrected chi connectivity index (χ1v) is 9.16. The van der Waals surface area contributed by atoms with Crippen LogP contribution in [-0.2, 0) is 21.0 Å². The van der Waals surface area contributed by atoms with Crippen LogP contribution in [0.25, 0.3) is 0 Å². The molecule has 0 radical (unpaired) electrons. The number of hydrogen-bond acceptors (Lipinski definition) is 4. The fraction of sp³-hybridized carbons (Fsp3) is 0.526. The monoisotopic (exact) mass is 359 g/mol. The Labute approximate surface area is 153 Å². The molecule has 2 bridgehead atoms. The normalized spacial score (nSPS) is 21.8. The van der Waals surface area contributed by atoms with Crippen LogP contribution < -0.4 is 5.32 Å². The molecule has 0 unspecified atom stereocenters. The summed E-state index contributed by atoms with van der Waals surface area (Å²) in [6, 6.07) is 8.82. The zero-order chi connectivity index (χ0) is 18.5. The van der Waals surface area contributed by atoms with Crippen molar-refractivity contribution in [1.82, 2.24) is 15.3 Å². The highest BCUT2D eigenvalue weighted by atomic mass is 16.7. The number of piperidine rings is 1. The molecule has 2 saturated heterocycles. The van der Waals surface area contributed by atoms with Gasteiger partial charge in [-0.25, -0.2) is 4.79 Å². The molecule has 3 amide bonds. The van der Waals surface area contributed by atoms with Crippen LogP contribution in [-0.4, -0.2) is 52.9 Å². The molecule has 0 spiro atoms. The summed E-state index contributed by atoms with van der Waals surface area (Å²) in [5.41, 5.74) is 0.987. The van der Waals surface area contributed by atoms with Crippen molar-refractivity contribution in [2.45, 2.75) is 51.3 Å². The van der Waals surface area contributed by atoms with E-state index in [1.807, 2.05) is 37.3 Å². The quantitative estimate of drug-likeness (QED) is 0.769. The van der Waals surface area contributed by atoms with Crippen molar-refractivity contribution in [3.05, 3.63) is 35.9 Å². The number of rotatable bonds is 8. The molecule has 2 heterocycles. The van der Waals surface area contributed by atoms with Crippen LogP contribution in [0.2, 0.25) is 0 Å². The van der Waals surface area contributed by atoms with Crippen molar-refractivity contribution in [3.63, 3.8) is 0 Å². The maximum atomic E-state index is 12.6. The lowest BCUT2D eigenvalue weighted by Crippen LogP contribution is -2.50. The number of hydrogen-bond donors (Lipinski definition) is 1. The van der Waals surface area contributed by atoms with Gasteiger partial charge in [-0.05, 0) is 24.8 Å². The molecular formula is C19H25N3O4. The lowest BCUT2D eigenvalue weighted by atomic mass is 10.0. The molecule has 2 aliphatic heterocycles. The predicted molar refractivity (Wildman–Crippen MR) is 94.9 cm³/mol. The highest BCUT2D eigenvalue weighted by Gasteiger charge is 2.47. The number of fused-ring (bicyclic) bond motifs is 2. The van der Waals surface area contributed by atoms with Crippen LogP contribution in [0.3, 0.4) is 0 Å². The lowest BCUT2D eigenvalue weighted by Gasteiger charge is -2.29. The Kier molecular flexibility index (Phi) is 5.88. The Bertz CT molecular complexity index is 664. The van der Waals surface area contributed by atoms with Gasteiger partial charge in [0.25, 0.3) is 0 Å². The molecule has 0 aromatic heterocycles. The average molecular weight is 359 g/mol. The number of nitrogens with zero attached hydrogens (tertiary/aromatic N) is 2. The fourth-order valence-corrected chi connectivity index (χ4v) is 3.46. The number of Topliss-reactive ketones (excluding diaryl/α,β-unsaturated/α-hetero) is 1. The third-order valence-corrected chi connectivity index (χ3v) is 4.83. The fourth-order valence-electron chi connectivity index (χ4n) is 3.46. The van der Waals surface area contributed by atoms with Crippen molar-refractivity contribution in [2.75, 3.05) is 13.1 Å². The number of ketones is 1. The molecule has 2 atom stereocenters. The summed E-state index contributed by atoms with van der Waals surface area (Å²) in [5, 5.41) is 4.08. The van der Waals surface area contributed by atoms with E-state index in [1.54, 1.807) is 4.90 Å². The second-order valence-corrected chi connectivity index (χ2v) is 6.77. The van der Waals surface area contributed by atoms with Gasteiger partial charge in [-0.2, -0.15) is 5.06 Å². The van der Waals surface area contributed by atoms with Crippen molar-refractivity contribution in [3.8, 4) is 0 Å². The molecule has 0 saturated carbocycles. The van der Waals surface area contributed by atoms with E-state index in [0.717, 1.165) is 12.0 Å². The van der Waals surface area contributed by atoms with Gasteiger partial charge in [-0.15, -0.1) is 0 Å². The number of nitrogens with one attached hydrogen (secondary N) is 1. The molecule has 140 valence electrons. The minimum atomic E-state index is -0.529. The third kappa shape index (κ3) is 4.04. The van der Waals surface area contributed by atoms with E-state index in [9.17, 15) is 14.4 Å². The van der Waals surface area contributed by atoms with E-state index in [-0.39, 0.29) is 30.3 Å². The largest absolute Gasteiger partial charge is 0.347 e. The number of benzene rings is 1. The maximum absolute atomic E-state index is 12.6. The molecule has 26 heavy (non-hydrogen) atoms. The minimum absolute atomic E-state index is 0.00936. The number of urea groups is 1. The van der Waals surface area contributed by atoms with Crippen LogP contribution in [0.4, 0.5) is 4.79 Å². The van der Waals surface area contributed by atoms with E-state index < -0.39 is 6.04 Å². The Morgan fingerprint density at radius 1 is 1.23 bits per heavy atom. The van der Waals surface area contributed by atoms with Crippen LogP contribution in [0.5, 0.6) is 0 Å². The van der Waals surface area contributed by atoms with Crippen molar-refractivity contribution in [1.29, 1.82) is 0 Å². The summed E-state index contributed by atoms with van der Waals surface area (Å²) in [7, 11) is 0. The molecule has 0 aliphatic carbocycles. The van der Waals surface area contributed by atoms with Gasteiger partial charge in [0.2, 0.25) is 5.91 Å². The van der Waals surface area contributed by atoms with E-state index in [2.05, 4.69) is 5.32 Å². The summed E-state index contributed by atoms with van der Waals surface area (Å²) in [6.07, 6.45) is 2.50. The van der Waals surface area contributed by atoms with Crippen LogP contribution in [0.15, 0.2) is 30.3 Å². The smallest absolute Gasteiger partial charge is 0.345 e. The Morgan fingerprint density at radius 2 is 2.00 bits per heavy atom. The van der Waals surface area contributed by atoms with Gasteiger partial charge < -0.3 is 10.2 Å². The Hall–Kier alpha value is -2.41. The standard InChI is InChI=1S/C19H25N3O4/c1-2-6-16(23)11-20-18(24)17-10-9-15-12-21(17)19(25)22(15)26-13-14-7-4-3-5-8-14/h3-5,7-8,15,17H,2,6,9-13H2,1H3,(H,20,24)/t15-,17+/m1/s1. The predicted octanol–water partition coefficient (Wildman–Crippen LogP) is 1.87. The Balaban J connectivity index is 1.55. The van der Waals surface area contributed by atoms with E-state index in [0.29, 0.717) is 32.4 Å². The number of hydroxylamine groups is 2. The molecule has 1 aromatic carbocycles. The van der Waals surface area contributed by atoms with Crippen molar-refractivity contribution < 1.29 is 19.2 Å². The summed E-state index contributed by atoms with van der Waals surface area (Å²) in [4.78, 5) is 43.9. The highest BCUT2D eigenvalue weighted by molar-refractivity contribution is 5.91. The third-order valence-electron chi connectivity index (χ3n) is 4.83. The van der Waals surface area contributed by atoms with Gasteiger partial charge in [0, 0.05) is 13.0 Å². The first-order valence-electron chi connectivity index (χ1n) is 9.16. The second kappa shape index (κ2) is 8.31. The molecule has 3 rings (SSSR count).